The molecule has 128 valence electrons. The van der Waals surface area contributed by atoms with Gasteiger partial charge in [-0.05, 0) is 24.3 Å². The number of halogens is 1. The van der Waals surface area contributed by atoms with Crippen LogP contribution in [0.1, 0.15) is 27.1 Å². The molecule has 0 saturated carbocycles. The van der Waals surface area contributed by atoms with Crippen LogP contribution in [0.2, 0.25) is 0 Å². The summed E-state index contributed by atoms with van der Waals surface area (Å²) in [6.07, 6.45) is -0.0842. The Morgan fingerprint density at radius 3 is 2.32 bits per heavy atom. The monoisotopic (exact) mass is 342 g/mol. The van der Waals surface area contributed by atoms with E-state index in [0.717, 1.165) is 11.0 Å². The van der Waals surface area contributed by atoms with Gasteiger partial charge < -0.3 is 10.1 Å². The zero-order valence-corrected chi connectivity index (χ0v) is 13.4. The second-order valence-electron chi connectivity index (χ2n) is 5.46. The summed E-state index contributed by atoms with van der Waals surface area (Å²) in [5.41, 5.74) is 0.945. The Bertz CT molecular complexity index is 831. The largest absolute Gasteiger partial charge is 0.494 e. The van der Waals surface area contributed by atoms with Gasteiger partial charge in [-0.3, -0.25) is 19.3 Å². The van der Waals surface area contributed by atoms with Crippen LogP contribution in [0.15, 0.2) is 42.5 Å². The minimum atomic E-state index is -0.597. The Kier molecular flexibility index (Phi) is 4.47. The number of imide groups is 1. The van der Waals surface area contributed by atoms with E-state index in [2.05, 4.69) is 5.32 Å². The zero-order valence-electron chi connectivity index (χ0n) is 13.4. The summed E-state index contributed by atoms with van der Waals surface area (Å²) in [7, 11) is 1.35. The molecule has 0 aliphatic carbocycles. The van der Waals surface area contributed by atoms with E-state index in [-0.39, 0.29) is 24.4 Å². The molecule has 2 aromatic rings. The first-order valence-electron chi connectivity index (χ1n) is 7.60. The normalized spacial score (nSPS) is 13.0. The van der Waals surface area contributed by atoms with Crippen LogP contribution < -0.4 is 10.1 Å². The summed E-state index contributed by atoms with van der Waals surface area (Å²) in [6.45, 7) is -0.0448. The highest BCUT2D eigenvalue weighted by molar-refractivity contribution is 6.21. The highest BCUT2D eigenvalue weighted by Gasteiger charge is 2.34. The van der Waals surface area contributed by atoms with Crippen LogP contribution in [0.25, 0.3) is 0 Å². The summed E-state index contributed by atoms with van der Waals surface area (Å²) in [5.74, 6) is -1.78. The second kappa shape index (κ2) is 6.72. The average molecular weight is 342 g/mol. The van der Waals surface area contributed by atoms with E-state index in [9.17, 15) is 18.8 Å². The maximum atomic E-state index is 13.6. The van der Waals surface area contributed by atoms with Crippen LogP contribution in [0.3, 0.4) is 0 Å². The van der Waals surface area contributed by atoms with Crippen molar-refractivity contribution >= 4 is 23.4 Å². The first-order valence-corrected chi connectivity index (χ1v) is 7.60. The molecule has 2 aromatic carbocycles. The minimum Gasteiger partial charge on any atom is -0.494 e. The number of ether oxygens (including phenoxy) is 1. The topological polar surface area (TPSA) is 75.7 Å². The van der Waals surface area contributed by atoms with Gasteiger partial charge in [-0.1, -0.05) is 12.1 Å². The number of fused-ring (bicyclic) bond motifs is 1. The number of rotatable bonds is 5. The molecule has 3 amide bonds. The summed E-state index contributed by atoms with van der Waals surface area (Å²) >= 11 is 0. The van der Waals surface area contributed by atoms with Crippen LogP contribution in [0.4, 0.5) is 10.1 Å². The van der Waals surface area contributed by atoms with Crippen LogP contribution in [0.5, 0.6) is 5.75 Å². The number of methoxy groups -OCH3 is 1. The fourth-order valence-electron chi connectivity index (χ4n) is 2.62. The molecule has 0 aromatic heterocycles. The van der Waals surface area contributed by atoms with E-state index in [0.29, 0.717) is 11.1 Å². The van der Waals surface area contributed by atoms with Crippen LogP contribution in [-0.4, -0.2) is 36.3 Å². The zero-order chi connectivity index (χ0) is 18.0. The molecule has 0 unspecified atom stereocenters. The molecule has 0 fully saturated rings. The Balaban J connectivity index is 1.61. The highest BCUT2D eigenvalue weighted by Crippen LogP contribution is 2.23. The van der Waals surface area contributed by atoms with Crippen molar-refractivity contribution in [2.24, 2.45) is 0 Å². The van der Waals surface area contributed by atoms with Crippen LogP contribution in [0, 0.1) is 5.82 Å². The molecule has 0 saturated heterocycles. The Morgan fingerprint density at radius 2 is 1.76 bits per heavy atom. The quantitative estimate of drug-likeness (QED) is 0.847. The molecule has 7 heteroatoms. The Hall–Kier alpha value is -3.22. The molecule has 0 bridgehead atoms. The van der Waals surface area contributed by atoms with E-state index in [1.807, 2.05) is 0 Å². The van der Waals surface area contributed by atoms with Gasteiger partial charge >= 0.3 is 0 Å². The van der Waals surface area contributed by atoms with Gasteiger partial charge in [0.15, 0.2) is 11.6 Å². The van der Waals surface area contributed by atoms with Gasteiger partial charge in [0.2, 0.25) is 5.91 Å². The predicted molar refractivity (Wildman–Crippen MR) is 88.0 cm³/mol. The lowest BCUT2D eigenvalue weighted by Crippen LogP contribution is -2.32. The fourth-order valence-corrected chi connectivity index (χ4v) is 2.62. The van der Waals surface area contributed by atoms with E-state index >= 15 is 0 Å². The van der Waals surface area contributed by atoms with Crippen molar-refractivity contribution in [3.8, 4) is 5.75 Å². The Morgan fingerprint density at radius 1 is 1.12 bits per heavy atom. The van der Waals surface area contributed by atoms with E-state index in [1.54, 1.807) is 24.3 Å². The van der Waals surface area contributed by atoms with Gasteiger partial charge in [0.05, 0.1) is 18.2 Å². The minimum absolute atomic E-state index is 0.0448. The molecule has 1 heterocycles. The smallest absolute Gasteiger partial charge is 0.261 e. The molecule has 0 radical (unpaired) electrons. The van der Waals surface area contributed by atoms with Crippen LogP contribution >= 0.6 is 0 Å². The summed E-state index contributed by atoms with van der Waals surface area (Å²) in [6, 6.07) is 10.6. The lowest BCUT2D eigenvalue weighted by Gasteiger charge is -2.13. The van der Waals surface area contributed by atoms with Gasteiger partial charge in [-0.25, -0.2) is 4.39 Å². The number of amides is 3. The molecular weight excluding hydrogens is 327 g/mol. The number of carbonyl (C=O) groups is 3. The molecule has 1 aliphatic heterocycles. The van der Waals surface area contributed by atoms with E-state index in [4.69, 9.17) is 4.74 Å². The molecule has 25 heavy (non-hydrogen) atoms. The lowest BCUT2D eigenvalue weighted by atomic mass is 10.1. The number of nitrogens with zero attached hydrogens (tertiary/aromatic N) is 1. The first kappa shape index (κ1) is 16.6. The number of carbonyl (C=O) groups excluding carboxylic acids is 3. The molecule has 0 spiro atoms. The van der Waals surface area contributed by atoms with Gasteiger partial charge in [0.25, 0.3) is 11.8 Å². The van der Waals surface area contributed by atoms with Gasteiger partial charge in [-0.2, -0.15) is 0 Å². The molecular formula is C18H15FN2O4. The standard InChI is InChI=1S/C18H15FN2O4/c1-25-15-7-6-11(10-14(15)19)20-16(22)8-9-21-17(23)12-4-2-3-5-13(12)18(21)24/h2-7,10H,8-9H2,1H3,(H,20,22). The van der Waals surface area contributed by atoms with E-state index < -0.39 is 23.5 Å². The van der Waals surface area contributed by atoms with Crippen molar-refractivity contribution < 1.29 is 23.5 Å². The lowest BCUT2D eigenvalue weighted by molar-refractivity contribution is -0.116. The number of benzene rings is 2. The fraction of sp³-hybridized carbons (Fsp3) is 0.167. The summed E-state index contributed by atoms with van der Waals surface area (Å²) in [4.78, 5) is 37.5. The third-order valence-corrected chi connectivity index (χ3v) is 3.88. The second-order valence-corrected chi connectivity index (χ2v) is 5.46. The number of hydrogen-bond donors (Lipinski definition) is 1. The van der Waals surface area contributed by atoms with Crippen molar-refractivity contribution in [2.75, 3.05) is 19.0 Å². The third kappa shape index (κ3) is 3.21. The highest BCUT2D eigenvalue weighted by atomic mass is 19.1. The third-order valence-electron chi connectivity index (χ3n) is 3.88. The molecule has 1 N–H and O–H groups in total. The summed E-state index contributed by atoms with van der Waals surface area (Å²) < 4.78 is 18.4. The van der Waals surface area contributed by atoms with Crippen molar-refractivity contribution in [2.45, 2.75) is 6.42 Å². The number of anilines is 1. The summed E-state index contributed by atoms with van der Waals surface area (Å²) in [5, 5.41) is 2.53. The van der Waals surface area contributed by atoms with Crippen molar-refractivity contribution in [1.29, 1.82) is 0 Å². The van der Waals surface area contributed by atoms with E-state index in [1.165, 1.54) is 19.2 Å². The maximum absolute atomic E-state index is 13.6. The first-order chi connectivity index (χ1) is 12.0. The molecule has 1 aliphatic rings. The van der Waals surface area contributed by atoms with Gasteiger partial charge in [0.1, 0.15) is 0 Å². The molecule has 0 atom stereocenters. The molecule has 6 nitrogen and oxygen atoms in total. The van der Waals surface area contributed by atoms with Crippen molar-refractivity contribution in [3.63, 3.8) is 0 Å². The molecule has 3 rings (SSSR count). The number of hydrogen-bond acceptors (Lipinski definition) is 4. The Labute approximate surface area is 143 Å². The van der Waals surface area contributed by atoms with Gasteiger partial charge in [0, 0.05) is 24.7 Å². The van der Waals surface area contributed by atoms with Crippen LogP contribution in [-0.2, 0) is 4.79 Å². The SMILES string of the molecule is COc1ccc(NC(=O)CCN2C(=O)c3ccccc3C2=O)cc1F. The van der Waals surface area contributed by atoms with Crippen molar-refractivity contribution in [1.82, 2.24) is 4.90 Å². The average Bonchev–Trinajstić information content (AvgIpc) is 2.85. The van der Waals surface area contributed by atoms with Gasteiger partial charge in [-0.15, -0.1) is 0 Å². The maximum Gasteiger partial charge on any atom is 0.261 e. The predicted octanol–water partition coefficient (Wildman–Crippen LogP) is 2.46. The number of nitrogens with one attached hydrogen (secondary N) is 1. The van der Waals surface area contributed by atoms with Crippen molar-refractivity contribution in [3.05, 3.63) is 59.4 Å².